The standard InChI is InChI=1S/C28H24ClN3O3/c1-3-34-21-12-13-26-20(14-21)15-27(35-26)28(33)31-30-16-23-18(2)32(25-11-7-5-9-22(23)25)17-19-8-4-6-10-24(19)29/h4-16H,3,17H2,1-2H3,(H,31,33)/b30-16+. The highest BCUT2D eigenvalue weighted by Crippen LogP contribution is 2.27. The lowest BCUT2D eigenvalue weighted by molar-refractivity contribution is 0.0929. The number of rotatable bonds is 7. The van der Waals surface area contributed by atoms with Gasteiger partial charge >= 0.3 is 5.91 Å². The molecule has 35 heavy (non-hydrogen) atoms. The van der Waals surface area contributed by atoms with Gasteiger partial charge in [-0.2, -0.15) is 5.10 Å². The third-order valence-electron chi connectivity index (χ3n) is 5.95. The molecule has 2 aromatic heterocycles. The van der Waals surface area contributed by atoms with Crippen LogP contribution in [0.3, 0.4) is 0 Å². The molecule has 1 amide bonds. The summed E-state index contributed by atoms with van der Waals surface area (Å²) in [5, 5.41) is 6.80. The molecule has 0 fully saturated rings. The number of nitrogens with one attached hydrogen (secondary N) is 1. The van der Waals surface area contributed by atoms with E-state index in [0.717, 1.165) is 43.9 Å². The van der Waals surface area contributed by atoms with Gasteiger partial charge in [-0.25, -0.2) is 5.43 Å². The number of carbonyl (C=O) groups excluding carboxylic acids is 1. The van der Waals surface area contributed by atoms with E-state index in [1.165, 1.54) is 0 Å². The molecule has 3 aromatic carbocycles. The molecule has 0 aliphatic carbocycles. The maximum absolute atomic E-state index is 12.7. The number of hydrazone groups is 1. The van der Waals surface area contributed by atoms with Crippen LogP contribution in [-0.2, 0) is 6.54 Å². The number of amides is 1. The Morgan fingerprint density at radius 1 is 1.11 bits per heavy atom. The van der Waals surface area contributed by atoms with Crippen molar-refractivity contribution in [3.8, 4) is 5.75 Å². The monoisotopic (exact) mass is 485 g/mol. The average molecular weight is 486 g/mol. The minimum atomic E-state index is -0.423. The summed E-state index contributed by atoms with van der Waals surface area (Å²) in [4.78, 5) is 12.7. The fourth-order valence-corrected chi connectivity index (χ4v) is 4.42. The van der Waals surface area contributed by atoms with Gasteiger partial charge in [0.15, 0.2) is 5.76 Å². The zero-order chi connectivity index (χ0) is 24.4. The summed E-state index contributed by atoms with van der Waals surface area (Å²) < 4.78 is 13.4. The normalized spacial score (nSPS) is 11.5. The van der Waals surface area contributed by atoms with Crippen LogP contribution in [0.25, 0.3) is 21.9 Å². The molecule has 6 nitrogen and oxygen atoms in total. The number of carbonyl (C=O) groups is 1. The van der Waals surface area contributed by atoms with Crippen molar-refractivity contribution >= 4 is 45.6 Å². The van der Waals surface area contributed by atoms with Gasteiger partial charge in [0, 0.05) is 39.1 Å². The second kappa shape index (κ2) is 9.68. The van der Waals surface area contributed by atoms with Crippen molar-refractivity contribution in [2.24, 2.45) is 5.10 Å². The number of aromatic nitrogens is 1. The number of halogens is 1. The van der Waals surface area contributed by atoms with Crippen molar-refractivity contribution in [2.45, 2.75) is 20.4 Å². The lowest BCUT2D eigenvalue weighted by Gasteiger charge is -2.10. The molecule has 0 spiro atoms. The van der Waals surface area contributed by atoms with E-state index in [1.807, 2.05) is 68.4 Å². The lowest BCUT2D eigenvalue weighted by Crippen LogP contribution is -2.16. The number of benzene rings is 3. The maximum Gasteiger partial charge on any atom is 0.307 e. The lowest BCUT2D eigenvalue weighted by atomic mass is 10.1. The second-order valence-electron chi connectivity index (χ2n) is 8.14. The van der Waals surface area contributed by atoms with Gasteiger partial charge in [-0.3, -0.25) is 4.79 Å². The number of fused-ring (bicyclic) bond motifs is 2. The van der Waals surface area contributed by atoms with Gasteiger partial charge in [-0.15, -0.1) is 0 Å². The van der Waals surface area contributed by atoms with Gasteiger partial charge in [0.2, 0.25) is 0 Å². The molecule has 0 unspecified atom stereocenters. The predicted molar refractivity (Wildman–Crippen MR) is 140 cm³/mol. The Labute approximate surface area is 207 Å². The molecule has 7 heteroatoms. The maximum atomic E-state index is 12.7. The number of ether oxygens (including phenoxy) is 1. The van der Waals surface area contributed by atoms with Gasteiger partial charge < -0.3 is 13.7 Å². The number of furan rings is 1. The van der Waals surface area contributed by atoms with Crippen molar-refractivity contribution in [2.75, 3.05) is 6.61 Å². The van der Waals surface area contributed by atoms with Gasteiger partial charge in [0.05, 0.1) is 12.8 Å². The Hall–Kier alpha value is -4.03. The molecular weight excluding hydrogens is 462 g/mol. The summed E-state index contributed by atoms with van der Waals surface area (Å²) in [5.74, 6) is 0.492. The molecular formula is C28H24ClN3O3. The van der Waals surface area contributed by atoms with Crippen LogP contribution in [0.2, 0.25) is 5.02 Å². The smallest absolute Gasteiger partial charge is 0.307 e. The number of hydrogen-bond acceptors (Lipinski definition) is 4. The third kappa shape index (κ3) is 4.53. The molecule has 1 N–H and O–H groups in total. The molecule has 0 saturated heterocycles. The third-order valence-corrected chi connectivity index (χ3v) is 6.32. The van der Waals surface area contributed by atoms with Gasteiger partial charge in [-0.1, -0.05) is 48.0 Å². The van der Waals surface area contributed by atoms with Crippen LogP contribution in [0.15, 0.2) is 82.3 Å². The van der Waals surface area contributed by atoms with Crippen LogP contribution in [-0.4, -0.2) is 23.3 Å². The summed E-state index contributed by atoms with van der Waals surface area (Å²) in [5.41, 5.74) is 7.25. The van der Waals surface area contributed by atoms with Crippen LogP contribution in [0.1, 0.15) is 34.3 Å². The van der Waals surface area contributed by atoms with E-state index < -0.39 is 5.91 Å². The number of nitrogens with zero attached hydrogens (tertiary/aromatic N) is 2. The second-order valence-corrected chi connectivity index (χ2v) is 8.54. The Morgan fingerprint density at radius 3 is 2.74 bits per heavy atom. The first-order chi connectivity index (χ1) is 17.0. The zero-order valence-corrected chi connectivity index (χ0v) is 20.2. The van der Waals surface area contributed by atoms with E-state index in [9.17, 15) is 4.79 Å². The minimum absolute atomic E-state index is 0.184. The Balaban J connectivity index is 1.39. The summed E-state index contributed by atoms with van der Waals surface area (Å²) in [7, 11) is 0. The highest BCUT2D eigenvalue weighted by Gasteiger charge is 2.15. The van der Waals surface area contributed by atoms with Gasteiger partial charge in [0.25, 0.3) is 0 Å². The fourth-order valence-electron chi connectivity index (χ4n) is 4.22. The van der Waals surface area contributed by atoms with Crippen molar-refractivity contribution in [3.05, 3.63) is 100 Å². The van der Waals surface area contributed by atoms with Crippen molar-refractivity contribution in [1.29, 1.82) is 0 Å². The molecule has 0 atom stereocenters. The van der Waals surface area contributed by atoms with Crippen LogP contribution >= 0.6 is 11.6 Å². The van der Waals surface area contributed by atoms with E-state index in [-0.39, 0.29) is 5.76 Å². The first kappa shape index (κ1) is 22.7. The first-order valence-corrected chi connectivity index (χ1v) is 11.7. The topological polar surface area (TPSA) is 68.8 Å². The fraction of sp³-hybridized carbons (Fsp3) is 0.143. The highest BCUT2D eigenvalue weighted by molar-refractivity contribution is 6.31. The van der Waals surface area contributed by atoms with E-state index in [1.54, 1.807) is 18.3 Å². The van der Waals surface area contributed by atoms with Crippen LogP contribution in [0.5, 0.6) is 5.75 Å². The van der Waals surface area contributed by atoms with E-state index in [2.05, 4.69) is 21.2 Å². The van der Waals surface area contributed by atoms with Crippen LogP contribution < -0.4 is 10.2 Å². The van der Waals surface area contributed by atoms with Gasteiger partial charge in [-0.05, 0) is 55.8 Å². The molecule has 2 heterocycles. The molecule has 5 rings (SSSR count). The van der Waals surface area contributed by atoms with Crippen molar-refractivity contribution in [1.82, 2.24) is 9.99 Å². The number of hydrogen-bond donors (Lipinski definition) is 1. The summed E-state index contributed by atoms with van der Waals surface area (Å²) >= 11 is 6.41. The van der Waals surface area contributed by atoms with E-state index in [4.69, 9.17) is 20.8 Å². The van der Waals surface area contributed by atoms with E-state index in [0.29, 0.717) is 18.7 Å². The quantitative estimate of drug-likeness (QED) is 0.209. The Bertz CT molecular complexity index is 1560. The molecule has 0 aliphatic heterocycles. The largest absolute Gasteiger partial charge is 0.494 e. The minimum Gasteiger partial charge on any atom is -0.494 e. The zero-order valence-electron chi connectivity index (χ0n) is 19.4. The van der Waals surface area contributed by atoms with Crippen LogP contribution in [0, 0.1) is 6.92 Å². The molecule has 0 saturated carbocycles. The van der Waals surface area contributed by atoms with Crippen molar-refractivity contribution < 1.29 is 13.9 Å². The predicted octanol–water partition coefficient (Wildman–Crippen LogP) is 6.56. The first-order valence-electron chi connectivity index (χ1n) is 11.4. The number of para-hydroxylation sites is 1. The SMILES string of the molecule is CCOc1ccc2oc(C(=O)N/N=C/c3c(C)n(Cc4ccccc4Cl)c4ccccc34)cc2c1. The van der Waals surface area contributed by atoms with Crippen molar-refractivity contribution in [3.63, 3.8) is 0 Å². The van der Waals surface area contributed by atoms with Gasteiger partial charge in [0.1, 0.15) is 11.3 Å². The summed E-state index contributed by atoms with van der Waals surface area (Å²) in [6, 6.07) is 23.1. The summed E-state index contributed by atoms with van der Waals surface area (Å²) in [6.45, 7) is 5.16. The molecule has 0 aliphatic rings. The summed E-state index contributed by atoms with van der Waals surface area (Å²) in [6.07, 6.45) is 1.68. The van der Waals surface area contributed by atoms with Crippen LogP contribution in [0.4, 0.5) is 0 Å². The molecule has 0 radical (unpaired) electrons. The molecule has 5 aromatic rings. The highest BCUT2D eigenvalue weighted by atomic mass is 35.5. The Morgan fingerprint density at radius 2 is 1.91 bits per heavy atom. The van der Waals surface area contributed by atoms with E-state index >= 15 is 0 Å². The molecule has 176 valence electrons. The molecule has 0 bridgehead atoms. The Kier molecular flexibility index (Phi) is 6.29. The average Bonchev–Trinajstić information content (AvgIpc) is 3.40.